The maximum Gasteiger partial charge on any atom is 0.274 e. The molecule has 0 atom stereocenters. The standard InChI is InChI=1S/C21H22ClN5O2/c1-14-13-15(2)27(24-14)19-8-7-18(22)20(23-19)21(29)26-11-9-25(10-12-26)16-3-5-17(28)6-4-16/h3-8,13,28H,9-12H2,1-2H3. The van der Waals surface area contributed by atoms with Crippen LogP contribution in [0, 0.1) is 13.8 Å². The van der Waals surface area contributed by atoms with Gasteiger partial charge in [0.25, 0.3) is 5.91 Å². The molecule has 0 spiro atoms. The van der Waals surface area contributed by atoms with E-state index in [1.165, 1.54) is 0 Å². The molecule has 7 nitrogen and oxygen atoms in total. The summed E-state index contributed by atoms with van der Waals surface area (Å²) in [5.74, 6) is 0.639. The molecule has 1 aliphatic heterocycles. The number of hydrogen-bond donors (Lipinski definition) is 1. The molecule has 1 aromatic carbocycles. The van der Waals surface area contributed by atoms with Gasteiger partial charge in [-0.3, -0.25) is 4.79 Å². The topological polar surface area (TPSA) is 74.5 Å². The minimum Gasteiger partial charge on any atom is -0.508 e. The highest BCUT2D eigenvalue weighted by molar-refractivity contribution is 6.33. The zero-order valence-electron chi connectivity index (χ0n) is 16.3. The van der Waals surface area contributed by atoms with Gasteiger partial charge in [-0.15, -0.1) is 0 Å². The molecule has 0 saturated carbocycles. The molecule has 0 unspecified atom stereocenters. The van der Waals surface area contributed by atoms with E-state index in [4.69, 9.17) is 11.6 Å². The van der Waals surface area contributed by atoms with Crippen molar-refractivity contribution < 1.29 is 9.90 Å². The van der Waals surface area contributed by atoms with E-state index in [9.17, 15) is 9.90 Å². The lowest BCUT2D eigenvalue weighted by Gasteiger charge is -2.36. The van der Waals surface area contributed by atoms with Crippen molar-refractivity contribution in [2.45, 2.75) is 13.8 Å². The van der Waals surface area contributed by atoms with E-state index in [0.29, 0.717) is 37.0 Å². The van der Waals surface area contributed by atoms with E-state index in [1.54, 1.807) is 33.8 Å². The first kappa shape index (κ1) is 19.3. The van der Waals surface area contributed by atoms with Crippen LogP contribution in [0.4, 0.5) is 5.69 Å². The van der Waals surface area contributed by atoms with Crippen molar-refractivity contribution in [2.24, 2.45) is 0 Å². The van der Waals surface area contributed by atoms with Crippen molar-refractivity contribution in [2.75, 3.05) is 31.1 Å². The molecule has 2 aromatic heterocycles. The number of anilines is 1. The molecule has 1 amide bonds. The summed E-state index contributed by atoms with van der Waals surface area (Å²) in [5.41, 5.74) is 3.10. The number of hydrogen-bond acceptors (Lipinski definition) is 5. The van der Waals surface area contributed by atoms with Gasteiger partial charge in [-0.2, -0.15) is 5.10 Å². The Bertz CT molecular complexity index is 1040. The Kier molecular flexibility index (Phi) is 5.15. The second-order valence-electron chi connectivity index (χ2n) is 7.13. The summed E-state index contributed by atoms with van der Waals surface area (Å²) in [4.78, 5) is 21.6. The summed E-state index contributed by atoms with van der Waals surface area (Å²) in [5, 5.41) is 14.2. The van der Waals surface area contributed by atoms with Gasteiger partial charge in [-0.05, 0) is 56.3 Å². The lowest BCUT2D eigenvalue weighted by Crippen LogP contribution is -2.49. The quantitative estimate of drug-likeness (QED) is 0.716. The average Bonchev–Trinajstić information content (AvgIpc) is 3.06. The second kappa shape index (κ2) is 7.75. The van der Waals surface area contributed by atoms with Crippen molar-refractivity contribution in [3.8, 4) is 11.6 Å². The third-order valence-electron chi connectivity index (χ3n) is 5.04. The van der Waals surface area contributed by atoms with Crippen molar-refractivity contribution in [3.63, 3.8) is 0 Å². The molecule has 8 heteroatoms. The number of rotatable bonds is 3. The lowest BCUT2D eigenvalue weighted by molar-refractivity contribution is 0.0741. The number of carbonyl (C=O) groups is 1. The maximum atomic E-state index is 13.1. The predicted molar refractivity (Wildman–Crippen MR) is 112 cm³/mol. The van der Waals surface area contributed by atoms with Crippen LogP contribution in [0.3, 0.4) is 0 Å². The van der Waals surface area contributed by atoms with E-state index in [-0.39, 0.29) is 17.4 Å². The number of amides is 1. The fraction of sp³-hybridized carbons (Fsp3) is 0.286. The lowest BCUT2D eigenvalue weighted by atomic mass is 10.2. The van der Waals surface area contributed by atoms with Crippen LogP contribution >= 0.6 is 11.6 Å². The van der Waals surface area contributed by atoms with Crippen LogP contribution in [-0.4, -0.2) is 56.9 Å². The highest BCUT2D eigenvalue weighted by Gasteiger charge is 2.25. The van der Waals surface area contributed by atoms with E-state index >= 15 is 0 Å². The third kappa shape index (κ3) is 3.91. The number of aryl methyl sites for hydroxylation is 2. The first-order valence-corrected chi connectivity index (χ1v) is 9.83. The van der Waals surface area contributed by atoms with Crippen LogP contribution in [0.1, 0.15) is 21.9 Å². The van der Waals surface area contributed by atoms with Crippen LogP contribution < -0.4 is 4.90 Å². The second-order valence-corrected chi connectivity index (χ2v) is 7.54. The normalized spacial score (nSPS) is 14.3. The number of phenols is 1. The molecule has 150 valence electrons. The number of benzene rings is 1. The molecule has 0 bridgehead atoms. The van der Waals surface area contributed by atoms with E-state index in [1.807, 2.05) is 32.0 Å². The largest absolute Gasteiger partial charge is 0.508 e. The molecule has 3 aromatic rings. The molecule has 3 heterocycles. The fourth-order valence-corrected chi connectivity index (χ4v) is 3.73. The molecule has 1 aliphatic rings. The fourth-order valence-electron chi connectivity index (χ4n) is 3.54. The minimum absolute atomic E-state index is 0.177. The van der Waals surface area contributed by atoms with Gasteiger partial charge >= 0.3 is 0 Å². The van der Waals surface area contributed by atoms with Gasteiger partial charge in [-0.25, -0.2) is 9.67 Å². The monoisotopic (exact) mass is 411 g/mol. The number of pyridine rings is 1. The Morgan fingerprint density at radius 2 is 1.72 bits per heavy atom. The van der Waals surface area contributed by atoms with Crippen LogP contribution in [0.25, 0.3) is 5.82 Å². The van der Waals surface area contributed by atoms with Crippen molar-refractivity contribution in [3.05, 3.63) is 64.6 Å². The molecule has 0 radical (unpaired) electrons. The number of piperazine rings is 1. The highest BCUT2D eigenvalue weighted by atomic mass is 35.5. The smallest absolute Gasteiger partial charge is 0.274 e. The molecule has 29 heavy (non-hydrogen) atoms. The Morgan fingerprint density at radius 3 is 2.34 bits per heavy atom. The number of aromatic hydroxyl groups is 1. The van der Waals surface area contributed by atoms with Crippen LogP contribution in [0.2, 0.25) is 5.02 Å². The summed E-state index contributed by atoms with van der Waals surface area (Å²) in [7, 11) is 0. The summed E-state index contributed by atoms with van der Waals surface area (Å²) in [6.45, 7) is 6.40. The van der Waals surface area contributed by atoms with Crippen molar-refractivity contribution in [1.82, 2.24) is 19.7 Å². The van der Waals surface area contributed by atoms with E-state index in [0.717, 1.165) is 17.1 Å². The third-order valence-corrected chi connectivity index (χ3v) is 5.35. The van der Waals surface area contributed by atoms with Gasteiger partial charge in [0.15, 0.2) is 5.82 Å². The Labute approximate surface area is 174 Å². The van der Waals surface area contributed by atoms with Crippen LogP contribution in [-0.2, 0) is 0 Å². The van der Waals surface area contributed by atoms with Gasteiger partial charge < -0.3 is 14.9 Å². The predicted octanol–water partition coefficient (Wildman–Crippen LogP) is 3.21. The molecule has 1 N–H and O–H groups in total. The number of halogens is 1. The molecule has 4 rings (SSSR count). The Hall–Kier alpha value is -3.06. The summed E-state index contributed by atoms with van der Waals surface area (Å²) < 4.78 is 1.71. The molecular weight excluding hydrogens is 390 g/mol. The number of nitrogens with zero attached hydrogens (tertiary/aromatic N) is 5. The van der Waals surface area contributed by atoms with E-state index in [2.05, 4.69) is 15.0 Å². The van der Waals surface area contributed by atoms with E-state index < -0.39 is 0 Å². The first-order valence-electron chi connectivity index (χ1n) is 9.46. The van der Waals surface area contributed by atoms with Gasteiger partial charge in [0.2, 0.25) is 0 Å². The number of phenolic OH excluding ortho intramolecular Hbond substituents is 1. The highest BCUT2D eigenvalue weighted by Crippen LogP contribution is 2.22. The van der Waals surface area contributed by atoms with Crippen molar-refractivity contribution in [1.29, 1.82) is 0 Å². The zero-order chi connectivity index (χ0) is 20.5. The summed E-state index contributed by atoms with van der Waals surface area (Å²) in [6, 6.07) is 12.5. The van der Waals surface area contributed by atoms with Crippen LogP contribution in [0.15, 0.2) is 42.5 Å². The average molecular weight is 412 g/mol. The summed E-state index contributed by atoms with van der Waals surface area (Å²) in [6.07, 6.45) is 0. The first-order chi connectivity index (χ1) is 13.9. The maximum absolute atomic E-state index is 13.1. The molecule has 1 fully saturated rings. The van der Waals surface area contributed by atoms with Gasteiger partial charge in [0, 0.05) is 37.6 Å². The van der Waals surface area contributed by atoms with Crippen LogP contribution in [0.5, 0.6) is 5.75 Å². The summed E-state index contributed by atoms with van der Waals surface area (Å²) >= 11 is 6.31. The van der Waals surface area contributed by atoms with Gasteiger partial charge in [0.05, 0.1) is 10.7 Å². The minimum atomic E-state index is -0.177. The molecule has 1 saturated heterocycles. The Morgan fingerprint density at radius 1 is 1.03 bits per heavy atom. The molecule has 0 aliphatic carbocycles. The van der Waals surface area contributed by atoms with Gasteiger partial charge in [-0.1, -0.05) is 11.6 Å². The SMILES string of the molecule is Cc1cc(C)n(-c2ccc(Cl)c(C(=O)N3CCN(c4ccc(O)cc4)CC3)n2)n1. The van der Waals surface area contributed by atoms with Crippen molar-refractivity contribution >= 4 is 23.2 Å². The van der Waals surface area contributed by atoms with Gasteiger partial charge in [0.1, 0.15) is 11.4 Å². The Balaban J connectivity index is 1.51. The number of carbonyl (C=O) groups excluding carboxylic acids is 1. The zero-order valence-corrected chi connectivity index (χ0v) is 17.1. The number of aromatic nitrogens is 3. The molecular formula is C21H22ClN5O2.